The van der Waals surface area contributed by atoms with Crippen molar-refractivity contribution in [3.05, 3.63) is 69.9 Å². The minimum absolute atomic E-state index is 0.0612. The molecule has 7 heteroatoms. The molecule has 7 nitrogen and oxygen atoms in total. The summed E-state index contributed by atoms with van der Waals surface area (Å²) in [5.74, 6) is -0.823. The minimum Gasteiger partial charge on any atom is -0.455 e. The molecular formula is C24H22N2O5. The number of rotatable bonds is 6. The number of carbonyl (C=O) groups is 2. The number of nitrogens with zero attached hydrogens (tertiary/aromatic N) is 2. The van der Waals surface area contributed by atoms with E-state index in [1.165, 1.54) is 24.9 Å². The second-order valence-electron chi connectivity index (χ2n) is 7.15. The van der Waals surface area contributed by atoms with Gasteiger partial charge in [-0.05, 0) is 26.0 Å². The van der Waals surface area contributed by atoms with Crippen molar-refractivity contribution in [2.24, 2.45) is 0 Å². The van der Waals surface area contributed by atoms with Crippen molar-refractivity contribution < 1.29 is 18.7 Å². The quantitative estimate of drug-likeness (QED) is 0.566. The molecule has 0 fully saturated rings. The third-order valence-electron chi connectivity index (χ3n) is 4.97. The summed E-state index contributed by atoms with van der Waals surface area (Å²) in [5, 5.41) is 8.93. The average molecular weight is 418 g/mol. The minimum atomic E-state index is -1.06. The molecule has 0 aliphatic rings. The van der Waals surface area contributed by atoms with Crippen LogP contribution in [0.3, 0.4) is 0 Å². The van der Waals surface area contributed by atoms with Gasteiger partial charge in [0.1, 0.15) is 11.3 Å². The zero-order chi connectivity index (χ0) is 22.5. The fourth-order valence-corrected chi connectivity index (χ4v) is 3.25. The van der Waals surface area contributed by atoms with Crippen LogP contribution in [0.5, 0.6) is 0 Å². The normalized spacial score (nSPS) is 11.5. The fraction of sp³-hybridized carbons (Fsp3) is 0.250. The number of likely N-dealkylation sites (N-methyl/N-ethyl adjacent to an activating group) is 1. The summed E-state index contributed by atoms with van der Waals surface area (Å²) in [5.41, 5.74) is 1.08. The Balaban J connectivity index is 1.98. The van der Waals surface area contributed by atoms with Gasteiger partial charge in [-0.1, -0.05) is 36.4 Å². The summed E-state index contributed by atoms with van der Waals surface area (Å²) in [6, 6.07) is 15.8. The number of hydrogen-bond acceptors (Lipinski definition) is 6. The first kappa shape index (κ1) is 21.8. The molecule has 0 spiro atoms. The van der Waals surface area contributed by atoms with Gasteiger partial charge in [0, 0.05) is 24.7 Å². The maximum Gasteiger partial charge on any atom is 0.342 e. The number of esters is 1. The van der Waals surface area contributed by atoms with Crippen LogP contribution >= 0.6 is 0 Å². The molecule has 1 amide bonds. The van der Waals surface area contributed by atoms with E-state index in [1.54, 1.807) is 19.1 Å². The summed E-state index contributed by atoms with van der Waals surface area (Å²) in [6.07, 6.45) is -0.879. The zero-order valence-corrected chi connectivity index (χ0v) is 17.5. The molecule has 0 bridgehead atoms. The van der Waals surface area contributed by atoms with E-state index in [4.69, 9.17) is 14.4 Å². The van der Waals surface area contributed by atoms with E-state index in [0.29, 0.717) is 16.9 Å². The van der Waals surface area contributed by atoms with E-state index in [-0.39, 0.29) is 34.9 Å². The van der Waals surface area contributed by atoms with Crippen LogP contribution in [0, 0.1) is 18.3 Å². The molecule has 0 radical (unpaired) electrons. The highest BCUT2D eigenvalue weighted by Crippen LogP contribution is 2.27. The lowest BCUT2D eigenvalue weighted by molar-refractivity contribution is -0.138. The molecule has 0 aliphatic carbocycles. The Morgan fingerprint density at radius 3 is 2.55 bits per heavy atom. The number of nitriles is 1. The third kappa shape index (κ3) is 4.48. The number of para-hydroxylation sites is 1. The molecule has 3 aromatic rings. The maximum atomic E-state index is 12.9. The second-order valence-corrected chi connectivity index (χ2v) is 7.15. The predicted octanol–water partition coefficient (Wildman–Crippen LogP) is 3.69. The number of hydrogen-bond donors (Lipinski definition) is 0. The van der Waals surface area contributed by atoms with Crippen molar-refractivity contribution in [1.82, 2.24) is 4.90 Å². The highest BCUT2D eigenvalue weighted by Gasteiger charge is 2.25. The standard InChI is InChI=1S/C24H22N2O5/c1-15-20(27)18-11-7-12-19(22(18)31-21(15)17-9-5-4-6-10-17)24(29)30-16(2)23(28)26(3)14-8-13-25/h4-7,9-12,16H,8,14H2,1-3H3/t16-/m0/s1. The zero-order valence-electron chi connectivity index (χ0n) is 17.5. The lowest BCUT2D eigenvalue weighted by Crippen LogP contribution is -2.37. The summed E-state index contributed by atoms with van der Waals surface area (Å²) in [4.78, 5) is 39.5. The number of carbonyl (C=O) groups excluding carboxylic acids is 2. The largest absolute Gasteiger partial charge is 0.455 e. The molecule has 158 valence electrons. The van der Waals surface area contributed by atoms with Gasteiger partial charge in [-0.2, -0.15) is 5.26 Å². The van der Waals surface area contributed by atoms with Crippen LogP contribution in [-0.4, -0.2) is 36.5 Å². The van der Waals surface area contributed by atoms with E-state index in [1.807, 2.05) is 36.4 Å². The first-order valence-electron chi connectivity index (χ1n) is 9.80. The Bertz CT molecular complexity index is 1220. The molecule has 1 aromatic heterocycles. The molecule has 1 atom stereocenters. The van der Waals surface area contributed by atoms with Gasteiger partial charge in [0.25, 0.3) is 5.91 Å². The molecular weight excluding hydrogens is 396 g/mol. The topological polar surface area (TPSA) is 101 Å². The Morgan fingerprint density at radius 1 is 1.16 bits per heavy atom. The van der Waals surface area contributed by atoms with Crippen LogP contribution in [0.1, 0.15) is 29.3 Å². The van der Waals surface area contributed by atoms with Gasteiger partial charge in [0.2, 0.25) is 0 Å². The van der Waals surface area contributed by atoms with E-state index in [2.05, 4.69) is 0 Å². The molecule has 0 aliphatic heterocycles. The summed E-state index contributed by atoms with van der Waals surface area (Å²) >= 11 is 0. The van der Waals surface area contributed by atoms with E-state index >= 15 is 0 Å². The SMILES string of the molecule is Cc1c(-c2ccccc2)oc2c(C(=O)O[C@@H](C)C(=O)N(C)CCC#N)cccc2c1=O. The van der Waals surface area contributed by atoms with Crippen LogP contribution < -0.4 is 5.43 Å². The third-order valence-corrected chi connectivity index (χ3v) is 4.97. The number of amides is 1. The summed E-state index contributed by atoms with van der Waals surface area (Å²) < 4.78 is 11.4. The molecule has 3 rings (SSSR count). The lowest BCUT2D eigenvalue weighted by Gasteiger charge is -2.20. The monoisotopic (exact) mass is 418 g/mol. The maximum absolute atomic E-state index is 12.9. The van der Waals surface area contributed by atoms with Gasteiger partial charge in [-0.3, -0.25) is 9.59 Å². The van der Waals surface area contributed by atoms with Crippen molar-refractivity contribution >= 4 is 22.8 Å². The van der Waals surface area contributed by atoms with Crippen LogP contribution in [0.4, 0.5) is 0 Å². The van der Waals surface area contributed by atoms with Gasteiger partial charge in [0.05, 0.1) is 17.9 Å². The van der Waals surface area contributed by atoms with Gasteiger partial charge >= 0.3 is 5.97 Å². The first-order chi connectivity index (χ1) is 14.8. The van der Waals surface area contributed by atoms with E-state index in [9.17, 15) is 14.4 Å². The molecule has 0 N–H and O–H groups in total. The fourth-order valence-electron chi connectivity index (χ4n) is 3.25. The highest BCUT2D eigenvalue weighted by atomic mass is 16.5. The van der Waals surface area contributed by atoms with Crippen LogP contribution in [0.15, 0.2) is 57.7 Å². The Kier molecular flexibility index (Phi) is 6.51. The van der Waals surface area contributed by atoms with Crippen molar-refractivity contribution in [3.63, 3.8) is 0 Å². The highest BCUT2D eigenvalue weighted by molar-refractivity contribution is 6.03. The van der Waals surface area contributed by atoms with Gasteiger partial charge in [-0.25, -0.2) is 4.79 Å². The van der Waals surface area contributed by atoms with Gasteiger partial charge in [0.15, 0.2) is 17.1 Å². The number of ether oxygens (including phenoxy) is 1. The van der Waals surface area contributed by atoms with Crippen molar-refractivity contribution in [2.75, 3.05) is 13.6 Å². The molecule has 0 saturated heterocycles. The summed E-state index contributed by atoms with van der Waals surface area (Å²) in [6.45, 7) is 3.38. The molecule has 0 unspecified atom stereocenters. The smallest absolute Gasteiger partial charge is 0.342 e. The van der Waals surface area contributed by atoms with E-state index < -0.39 is 18.0 Å². The van der Waals surface area contributed by atoms with Crippen molar-refractivity contribution in [1.29, 1.82) is 5.26 Å². The molecule has 1 heterocycles. The van der Waals surface area contributed by atoms with Crippen LogP contribution in [-0.2, 0) is 9.53 Å². The Hall–Kier alpha value is -3.92. The Morgan fingerprint density at radius 2 is 1.87 bits per heavy atom. The van der Waals surface area contributed by atoms with Gasteiger partial charge in [-0.15, -0.1) is 0 Å². The molecule has 0 saturated carbocycles. The first-order valence-corrected chi connectivity index (χ1v) is 9.80. The Labute approximate surface area is 179 Å². The number of fused-ring (bicyclic) bond motifs is 1. The second kappa shape index (κ2) is 9.26. The van der Waals surface area contributed by atoms with Gasteiger partial charge < -0.3 is 14.1 Å². The predicted molar refractivity (Wildman–Crippen MR) is 115 cm³/mol. The summed E-state index contributed by atoms with van der Waals surface area (Å²) in [7, 11) is 1.54. The molecule has 2 aromatic carbocycles. The van der Waals surface area contributed by atoms with Crippen LogP contribution in [0.25, 0.3) is 22.3 Å². The van der Waals surface area contributed by atoms with Crippen LogP contribution in [0.2, 0.25) is 0 Å². The van der Waals surface area contributed by atoms with Crippen molar-refractivity contribution in [3.8, 4) is 17.4 Å². The van der Waals surface area contributed by atoms with E-state index in [0.717, 1.165) is 0 Å². The average Bonchev–Trinajstić information content (AvgIpc) is 2.79. The lowest BCUT2D eigenvalue weighted by atomic mass is 10.0. The molecule has 31 heavy (non-hydrogen) atoms. The number of benzene rings is 2. The van der Waals surface area contributed by atoms with Crippen molar-refractivity contribution in [2.45, 2.75) is 26.4 Å².